The number of carbonyl (C=O) groups is 1. The van der Waals surface area contributed by atoms with Crippen LogP contribution in [0.3, 0.4) is 0 Å². The van der Waals surface area contributed by atoms with E-state index in [-0.39, 0.29) is 23.5 Å². The molecule has 10 heteroatoms. The molecule has 0 saturated heterocycles. The van der Waals surface area contributed by atoms with Crippen LogP contribution in [0, 0.1) is 0 Å². The molecule has 33 heavy (non-hydrogen) atoms. The number of hydrogen-bond acceptors (Lipinski definition) is 5. The van der Waals surface area contributed by atoms with Crippen LogP contribution in [0.4, 0.5) is 0 Å². The number of unbranched alkanes of at least 4 members (excludes halogenated alkanes) is 2. The zero-order valence-corrected chi connectivity index (χ0v) is 18.6. The van der Waals surface area contributed by atoms with Gasteiger partial charge in [-0.2, -0.15) is 5.10 Å². The second-order valence-corrected chi connectivity index (χ2v) is 7.85. The molecule has 0 aliphatic rings. The molecule has 10 nitrogen and oxygen atoms in total. The molecule has 0 fully saturated rings. The summed E-state index contributed by atoms with van der Waals surface area (Å²) in [5.74, 6) is -0.228. The van der Waals surface area contributed by atoms with Crippen LogP contribution in [0.5, 0.6) is 0 Å². The van der Waals surface area contributed by atoms with Crippen molar-refractivity contribution in [2.75, 3.05) is 0 Å². The Bertz CT molecular complexity index is 1330. The van der Waals surface area contributed by atoms with Gasteiger partial charge < -0.3 is 4.98 Å². The van der Waals surface area contributed by atoms with E-state index in [1.54, 1.807) is 0 Å². The molecule has 3 N–H and O–H groups in total. The number of imidazole rings is 1. The van der Waals surface area contributed by atoms with E-state index >= 15 is 0 Å². The maximum Gasteiger partial charge on any atom is 0.278 e. The number of H-pyrrole nitrogens is 2. The van der Waals surface area contributed by atoms with Gasteiger partial charge in [-0.05, 0) is 18.4 Å². The fourth-order valence-corrected chi connectivity index (χ4v) is 3.65. The van der Waals surface area contributed by atoms with Crippen LogP contribution in [0.15, 0.2) is 58.9 Å². The van der Waals surface area contributed by atoms with Crippen molar-refractivity contribution in [3.05, 3.63) is 65.0 Å². The average molecular weight is 449 g/mol. The van der Waals surface area contributed by atoms with Gasteiger partial charge in [0, 0.05) is 31.3 Å². The SMILES string of the molecule is CCCCCn1/c(=N/NC(=O)CCCn2cc(-c3ccccc3)cn2)[nH]c(=O)c2[nH]cnc21. The van der Waals surface area contributed by atoms with Gasteiger partial charge >= 0.3 is 0 Å². The molecular weight excluding hydrogens is 420 g/mol. The molecule has 3 heterocycles. The molecule has 0 bridgehead atoms. The smallest absolute Gasteiger partial charge is 0.278 e. The maximum atomic E-state index is 12.3. The van der Waals surface area contributed by atoms with E-state index in [2.05, 4.69) is 37.5 Å². The third-order valence-electron chi connectivity index (χ3n) is 5.39. The fraction of sp³-hybridized carbons (Fsp3) is 0.348. The molecule has 0 aliphatic carbocycles. The number of aryl methyl sites for hydroxylation is 2. The van der Waals surface area contributed by atoms with E-state index in [0.29, 0.717) is 30.7 Å². The van der Waals surface area contributed by atoms with Crippen LogP contribution < -0.4 is 16.6 Å². The number of benzene rings is 1. The summed E-state index contributed by atoms with van der Waals surface area (Å²) in [6.07, 6.45) is 9.21. The van der Waals surface area contributed by atoms with Gasteiger partial charge in [-0.15, -0.1) is 5.10 Å². The predicted octanol–water partition coefficient (Wildman–Crippen LogP) is 2.52. The third-order valence-corrected chi connectivity index (χ3v) is 5.39. The van der Waals surface area contributed by atoms with Crippen LogP contribution in [-0.4, -0.2) is 35.2 Å². The molecule has 172 valence electrons. The lowest BCUT2D eigenvalue weighted by atomic mass is 10.1. The minimum atomic E-state index is -0.324. The number of rotatable bonds is 10. The van der Waals surface area contributed by atoms with E-state index in [9.17, 15) is 9.59 Å². The minimum Gasteiger partial charge on any atom is -0.339 e. The largest absolute Gasteiger partial charge is 0.339 e. The summed E-state index contributed by atoms with van der Waals surface area (Å²) < 4.78 is 3.65. The Labute approximate surface area is 190 Å². The van der Waals surface area contributed by atoms with E-state index in [1.807, 2.05) is 52.0 Å². The van der Waals surface area contributed by atoms with Crippen LogP contribution in [-0.2, 0) is 17.9 Å². The van der Waals surface area contributed by atoms with Gasteiger partial charge in [-0.25, -0.2) is 10.4 Å². The molecule has 3 aromatic heterocycles. The van der Waals surface area contributed by atoms with E-state index in [0.717, 1.165) is 30.4 Å². The summed E-state index contributed by atoms with van der Waals surface area (Å²) in [4.78, 5) is 34.5. The van der Waals surface area contributed by atoms with E-state index in [4.69, 9.17) is 0 Å². The normalized spacial score (nSPS) is 11.8. The highest BCUT2D eigenvalue weighted by Gasteiger charge is 2.09. The van der Waals surface area contributed by atoms with Gasteiger partial charge in [0.25, 0.3) is 5.56 Å². The molecule has 0 saturated carbocycles. The number of fused-ring (bicyclic) bond motifs is 1. The van der Waals surface area contributed by atoms with E-state index < -0.39 is 0 Å². The van der Waals surface area contributed by atoms with Crippen LogP contribution in [0.2, 0.25) is 0 Å². The molecule has 1 amide bonds. The van der Waals surface area contributed by atoms with Crippen molar-refractivity contribution in [2.45, 2.75) is 52.1 Å². The summed E-state index contributed by atoms with van der Waals surface area (Å²) in [6.45, 7) is 3.38. The van der Waals surface area contributed by atoms with Crippen molar-refractivity contribution in [1.29, 1.82) is 0 Å². The summed E-state index contributed by atoms with van der Waals surface area (Å²) >= 11 is 0. The summed E-state index contributed by atoms with van der Waals surface area (Å²) in [7, 11) is 0. The number of nitrogens with zero attached hydrogens (tertiary/aromatic N) is 5. The zero-order valence-electron chi connectivity index (χ0n) is 18.6. The van der Waals surface area contributed by atoms with Crippen LogP contribution >= 0.6 is 0 Å². The van der Waals surface area contributed by atoms with E-state index in [1.165, 1.54) is 6.33 Å². The van der Waals surface area contributed by atoms with Crippen molar-refractivity contribution in [2.24, 2.45) is 5.10 Å². The second kappa shape index (κ2) is 10.6. The Balaban J connectivity index is 1.38. The highest BCUT2D eigenvalue weighted by atomic mass is 16.2. The first kappa shape index (κ1) is 22.3. The quantitative estimate of drug-likeness (QED) is 0.255. The summed E-state index contributed by atoms with van der Waals surface area (Å²) in [6, 6.07) is 10.0. The predicted molar refractivity (Wildman–Crippen MR) is 125 cm³/mol. The number of aromatic nitrogens is 6. The standard InChI is InChI=1S/C23H28N8O2/c1-2-3-7-13-31-21-20(24-16-25-21)22(33)27-23(31)29-28-19(32)11-8-12-30-15-18(14-26-30)17-9-5-4-6-10-17/h4-6,9-10,14-16H,2-3,7-8,11-13H2,1H3,(H,24,25)(H,28,32)(H,27,29,33). The van der Waals surface area contributed by atoms with Gasteiger partial charge in [0.1, 0.15) is 5.52 Å². The summed E-state index contributed by atoms with van der Waals surface area (Å²) in [5.41, 5.74) is 5.58. The van der Waals surface area contributed by atoms with Crippen LogP contribution in [0.25, 0.3) is 22.3 Å². The zero-order chi connectivity index (χ0) is 23.0. The first-order valence-corrected chi connectivity index (χ1v) is 11.2. The number of amides is 1. The molecular formula is C23H28N8O2. The fourth-order valence-electron chi connectivity index (χ4n) is 3.65. The number of hydrogen-bond donors (Lipinski definition) is 3. The van der Waals surface area contributed by atoms with Gasteiger partial charge in [0.2, 0.25) is 11.5 Å². The number of carbonyl (C=O) groups excluding carboxylic acids is 1. The van der Waals surface area contributed by atoms with Gasteiger partial charge in [-0.3, -0.25) is 23.8 Å². The van der Waals surface area contributed by atoms with Crippen molar-refractivity contribution < 1.29 is 4.79 Å². The maximum absolute atomic E-state index is 12.3. The minimum absolute atomic E-state index is 0.228. The Kier molecular flexibility index (Phi) is 7.13. The second-order valence-electron chi connectivity index (χ2n) is 7.85. The Morgan fingerprint density at radius 3 is 2.79 bits per heavy atom. The monoisotopic (exact) mass is 448 g/mol. The highest BCUT2D eigenvalue weighted by Crippen LogP contribution is 2.17. The first-order chi connectivity index (χ1) is 16.2. The van der Waals surface area contributed by atoms with Gasteiger partial charge in [0.05, 0.1) is 12.5 Å². The van der Waals surface area contributed by atoms with Crippen molar-refractivity contribution in [1.82, 2.24) is 34.7 Å². The molecule has 0 radical (unpaired) electrons. The number of aromatic amines is 2. The lowest BCUT2D eigenvalue weighted by molar-refractivity contribution is -0.121. The molecule has 0 aliphatic heterocycles. The topological polar surface area (TPSA) is 126 Å². The lowest BCUT2D eigenvalue weighted by Gasteiger charge is -2.08. The van der Waals surface area contributed by atoms with Gasteiger partial charge in [-0.1, -0.05) is 50.1 Å². The summed E-state index contributed by atoms with van der Waals surface area (Å²) in [5, 5.41) is 8.55. The highest BCUT2D eigenvalue weighted by molar-refractivity contribution is 5.75. The van der Waals surface area contributed by atoms with Crippen molar-refractivity contribution in [3.63, 3.8) is 0 Å². The van der Waals surface area contributed by atoms with Crippen molar-refractivity contribution >= 4 is 17.1 Å². The third kappa shape index (κ3) is 5.46. The Hall–Kier alpha value is -3.95. The Morgan fingerprint density at radius 1 is 1.12 bits per heavy atom. The number of nitrogens with one attached hydrogen (secondary N) is 3. The molecule has 1 aromatic carbocycles. The molecule has 0 unspecified atom stereocenters. The molecule has 4 aromatic rings. The first-order valence-electron chi connectivity index (χ1n) is 11.2. The Morgan fingerprint density at radius 2 is 1.97 bits per heavy atom. The van der Waals surface area contributed by atoms with Gasteiger partial charge in [0.15, 0.2) is 5.65 Å². The lowest BCUT2D eigenvalue weighted by Crippen LogP contribution is -2.35. The molecule has 4 rings (SSSR count). The average Bonchev–Trinajstić information content (AvgIpc) is 3.50. The molecule has 0 atom stereocenters. The van der Waals surface area contributed by atoms with Crippen molar-refractivity contribution in [3.8, 4) is 11.1 Å². The van der Waals surface area contributed by atoms with Crippen LogP contribution in [0.1, 0.15) is 39.0 Å². The molecule has 0 spiro atoms.